The Hall–Kier alpha value is -2.53. The second-order valence-corrected chi connectivity index (χ2v) is 5.47. The first kappa shape index (κ1) is 14.4. The first-order valence-electron chi connectivity index (χ1n) is 6.80. The van der Waals surface area contributed by atoms with E-state index in [0.717, 1.165) is 27.7 Å². The van der Waals surface area contributed by atoms with Crippen molar-refractivity contribution in [3.8, 4) is 22.6 Å². The lowest BCUT2D eigenvalue weighted by molar-refractivity contribution is 0.355. The van der Waals surface area contributed by atoms with Crippen LogP contribution in [0.5, 0.6) is 11.5 Å². The van der Waals surface area contributed by atoms with Crippen LogP contribution in [0.25, 0.3) is 11.1 Å². The van der Waals surface area contributed by atoms with Crippen LogP contribution in [0.4, 0.5) is 10.8 Å². The van der Waals surface area contributed by atoms with Crippen LogP contribution in [-0.2, 0) is 0 Å². The van der Waals surface area contributed by atoms with Crippen LogP contribution >= 0.6 is 11.3 Å². The molecule has 5 heteroatoms. The van der Waals surface area contributed by atoms with Gasteiger partial charge in [-0.25, -0.2) is 4.98 Å². The van der Waals surface area contributed by atoms with Crippen LogP contribution in [0.1, 0.15) is 0 Å². The number of nitrogens with one attached hydrogen (secondary N) is 1. The maximum absolute atomic E-state index is 5.39. The molecule has 0 aliphatic rings. The van der Waals surface area contributed by atoms with Gasteiger partial charge in [-0.15, -0.1) is 11.3 Å². The van der Waals surface area contributed by atoms with E-state index in [2.05, 4.69) is 16.4 Å². The number of anilines is 2. The third-order valence-corrected chi connectivity index (χ3v) is 3.98. The highest BCUT2D eigenvalue weighted by Gasteiger charge is 2.10. The van der Waals surface area contributed by atoms with Crippen molar-refractivity contribution in [2.45, 2.75) is 0 Å². The summed E-state index contributed by atoms with van der Waals surface area (Å²) in [5.41, 5.74) is 3.14. The number of hydrogen-bond acceptors (Lipinski definition) is 5. The molecule has 3 aromatic rings. The lowest BCUT2D eigenvalue weighted by atomic mass is 10.0. The Morgan fingerprint density at radius 3 is 2.55 bits per heavy atom. The highest BCUT2D eigenvalue weighted by atomic mass is 32.1. The Bertz CT molecular complexity index is 757. The summed E-state index contributed by atoms with van der Waals surface area (Å²) in [6.45, 7) is 0. The fraction of sp³-hybridized carbons (Fsp3) is 0.118. The standard InChI is InChI=1S/C17H16N2O2S/c1-20-15-8-7-12(11-16(15)21-2)13-5-3-4-6-14(13)19-17-18-9-10-22-17/h3-11H,1-2H3,(H,18,19). The number of hydrogen-bond donors (Lipinski definition) is 1. The van der Waals surface area contributed by atoms with E-state index in [1.807, 2.05) is 41.8 Å². The van der Waals surface area contributed by atoms with Crippen molar-refractivity contribution in [3.05, 3.63) is 54.0 Å². The zero-order valence-corrected chi connectivity index (χ0v) is 13.2. The summed E-state index contributed by atoms with van der Waals surface area (Å²) < 4.78 is 10.7. The topological polar surface area (TPSA) is 43.4 Å². The smallest absolute Gasteiger partial charge is 0.187 e. The first-order valence-corrected chi connectivity index (χ1v) is 7.67. The van der Waals surface area contributed by atoms with Crippen molar-refractivity contribution < 1.29 is 9.47 Å². The molecule has 1 N–H and O–H groups in total. The van der Waals surface area contributed by atoms with E-state index in [0.29, 0.717) is 5.75 Å². The van der Waals surface area contributed by atoms with E-state index < -0.39 is 0 Å². The summed E-state index contributed by atoms with van der Waals surface area (Å²) in [5, 5.41) is 6.17. The molecule has 0 saturated carbocycles. The Kier molecular flexibility index (Phi) is 4.25. The van der Waals surface area contributed by atoms with Gasteiger partial charge in [-0.05, 0) is 23.8 Å². The molecule has 0 unspecified atom stereocenters. The van der Waals surface area contributed by atoms with E-state index in [4.69, 9.17) is 9.47 Å². The molecule has 0 saturated heterocycles. The van der Waals surface area contributed by atoms with Gasteiger partial charge in [0.05, 0.1) is 14.2 Å². The third kappa shape index (κ3) is 2.89. The van der Waals surface area contributed by atoms with Crippen molar-refractivity contribution in [1.82, 2.24) is 4.98 Å². The Morgan fingerprint density at radius 1 is 1.00 bits per heavy atom. The van der Waals surface area contributed by atoms with Crippen LogP contribution in [0, 0.1) is 0 Å². The fourth-order valence-electron chi connectivity index (χ4n) is 2.25. The van der Waals surface area contributed by atoms with E-state index in [1.165, 1.54) is 0 Å². The van der Waals surface area contributed by atoms with Gasteiger partial charge >= 0.3 is 0 Å². The number of benzene rings is 2. The van der Waals surface area contributed by atoms with Crippen molar-refractivity contribution >= 4 is 22.2 Å². The molecule has 3 rings (SSSR count). The number of ether oxygens (including phenoxy) is 2. The number of methoxy groups -OCH3 is 2. The highest BCUT2D eigenvalue weighted by Crippen LogP contribution is 2.36. The van der Waals surface area contributed by atoms with Crippen LogP contribution in [-0.4, -0.2) is 19.2 Å². The molecule has 4 nitrogen and oxygen atoms in total. The average Bonchev–Trinajstić information content (AvgIpc) is 3.08. The van der Waals surface area contributed by atoms with Gasteiger partial charge in [0.25, 0.3) is 0 Å². The minimum Gasteiger partial charge on any atom is -0.493 e. The molecule has 0 aliphatic carbocycles. The van der Waals surface area contributed by atoms with Crippen molar-refractivity contribution in [2.75, 3.05) is 19.5 Å². The molecule has 0 fully saturated rings. The minimum atomic E-state index is 0.712. The van der Waals surface area contributed by atoms with Crippen molar-refractivity contribution in [2.24, 2.45) is 0 Å². The Morgan fingerprint density at radius 2 is 1.82 bits per heavy atom. The Labute approximate surface area is 133 Å². The van der Waals surface area contributed by atoms with Gasteiger partial charge < -0.3 is 14.8 Å². The Balaban J connectivity index is 2.01. The molecule has 0 atom stereocenters. The normalized spacial score (nSPS) is 10.3. The van der Waals surface area contributed by atoms with Gasteiger partial charge in [0.15, 0.2) is 16.6 Å². The van der Waals surface area contributed by atoms with Crippen molar-refractivity contribution in [1.29, 1.82) is 0 Å². The second kappa shape index (κ2) is 6.49. The lowest BCUT2D eigenvalue weighted by Gasteiger charge is -2.13. The zero-order valence-electron chi connectivity index (χ0n) is 12.4. The average molecular weight is 312 g/mol. The fourth-order valence-corrected chi connectivity index (χ4v) is 2.79. The molecule has 0 bridgehead atoms. The number of thiazole rings is 1. The number of aromatic nitrogens is 1. The molecule has 112 valence electrons. The molecule has 0 spiro atoms. The van der Waals surface area contributed by atoms with E-state index in [9.17, 15) is 0 Å². The van der Waals surface area contributed by atoms with Crippen molar-refractivity contribution in [3.63, 3.8) is 0 Å². The largest absolute Gasteiger partial charge is 0.493 e. The monoisotopic (exact) mass is 312 g/mol. The second-order valence-electron chi connectivity index (χ2n) is 4.58. The SMILES string of the molecule is COc1ccc(-c2ccccc2Nc2nccs2)cc1OC. The molecule has 0 radical (unpaired) electrons. The summed E-state index contributed by atoms with van der Waals surface area (Å²) in [7, 11) is 3.27. The number of nitrogens with zero attached hydrogens (tertiary/aromatic N) is 1. The van der Waals surface area contributed by atoms with E-state index in [1.54, 1.807) is 31.8 Å². The quantitative estimate of drug-likeness (QED) is 0.749. The van der Waals surface area contributed by atoms with Gasteiger partial charge in [-0.2, -0.15) is 0 Å². The maximum atomic E-state index is 5.39. The van der Waals surface area contributed by atoms with Gasteiger partial charge in [0.2, 0.25) is 0 Å². The minimum absolute atomic E-state index is 0.712. The molecule has 2 aromatic carbocycles. The van der Waals surface area contributed by atoms with Crippen LogP contribution in [0.2, 0.25) is 0 Å². The predicted molar refractivity (Wildman–Crippen MR) is 90.4 cm³/mol. The van der Waals surface area contributed by atoms with E-state index >= 15 is 0 Å². The maximum Gasteiger partial charge on any atom is 0.187 e. The first-order chi connectivity index (χ1) is 10.8. The summed E-state index contributed by atoms with van der Waals surface area (Å²) in [5.74, 6) is 1.43. The lowest BCUT2D eigenvalue weighted by Crippen LogP contribution is -1.94. The van der Waals surface area contributed by atoms with Gasteiger partial charge in [0, 0.05) is 22.8 Å². The third-order valence-electron chi connectivity index (χ3n) is 3.30. The van der Waals surface area contributed by atoms with Gasteiger partial charge in [-0.3, -0.25) is 0 Å². The van der Waals surface area contributed by atoms with E-state index in [-0.39, 0.29) is 0 Å². The molecule has 0 amide bonds. The summed E-state index contributed by atoms with van der Waals surface area (Å²) in [4.78, 5) is 4.27. The number of rotatable bonds is 5. The van der Waals surface area contributed by atoms with Crippen LogP contribution in [0.3, 0.4) is 0 Å². The van der Waals surface area contributed by atoms with Gasteiger partial charge in [0.1, 0.15) is 0 Å². The predicted octanol–water partition coefficient (Wildman–Crippen LogP) is 4.57. The highest BCUT2D eigenvalue weighted by molar-refractivity contribution is 7.13. The molecule has 22 heavy (non-hydrogen) atoms. The zero-order chi connectivity index (χ0) is 15.4. The molecular formula is C17H16N2O2S. The van der Waals surface area contributed by atoms with Crippen LogP contribution in [0.15, 0.2) is 54.0 Å². The van der Waals surface area contributed by atoms with Gasteiger partial charge in [-0.1, -0.05) is 24.3 Å². The molecular weight excluding hydrogens is 296 g/mol. The summed E-state index contributed by atoms with van der Waals surface area (Å²) >= 11 is 1.57. The van der Waals surface area contributed by atoms with Crippen LogP contribution < -0.4 is 14.8 Å². The summed E-state index contributed by atoms with van der Waals surface area (Å²) in [6.07, 6.45) is 1.78. The summed E-state index contributed by atoms with van der Waals surface area (Å²) in [6, 6.07) is 14.0. The molecule has 1 heterocycles. The molecule has 1 aromatic heterocycles. The number of para-hydroxylation sites is 1. The molecule has 0 aliphatic heterocycles.